The van der Waals surface area contributed by atoms with Crippen LogP contribution in [0.3, 0.4) is 0 Å². The van der Waals surface area contributed by atoms with Gasteiger partial charge < -0.3 is 9.72 Å². The van der Waals surface area contributed by atoms with Gasteiger partial charge in [0, 0.05) is 16.8 Å². The number of rotatable bonds is 5. The van der Waals surface area contributed by atoms with Gasteiger partial charge in [0.2, 0.25) is 0 Å². The van der Waals surface area contributed by atoms with Crippen molar-refractivity contribution >= 4 is 17.5 Å². The Bertz CT molecular complexity index is 792. The van der Waals surface area contributed by atoms with Gasteiger partial charge in [-0.1, -0.05) is 12.1 Å². The molecule has 0 aliphatic heterocycles. The third kappa shape index (κ3) is 3.53. The average Bonchev–Trinajstić information content (AvgIpc) is 2.79. The van der Waals surface area contributed by atoms with Crippen LogP contribution in [0.1, 0.15) is 49.4 Å². The van der Waals surface area contributed by atoms with Crippen LogP contribution in [0.25, 0.3) is 0 Å². The van der Waals surface area contributed by atoms with Gasteiger partial charge in [0.05, 0.1) is 0 Å². The number of benzene rings is 1. The monoisotopic (exact) mass is 317 g/mol. The molecule has 0 unspecified atom stereocenters. The number of Topliss-reactive ketones (excluding diaryl/α,β-unsaturated/α-hetero) is 2. The van der Waals surface area contributed by atoms with Crippen molar-refractivity contribution in [2.75, 3.05) is 6.61 Å². The Balaban J connectivity index is 2.10. The molecule has 0 amide bonds. The fourth-order valence-corrected chi connectivity index (χ4v) is 2.43. The lowest BCUT2D eigenvalue weighted by molar-refractivity contribution is 0.0468. The number of halogens is 1. The molecule has 0 bridgehead atoms. The molecule has 1 heterocycles. The molecule has 2 aromatic rings. The fraction of sp³-hybridized carbons (Fsp3) is 0.235. The summed E-state index contributed by atoms with van der Waals surface area (Å²) in [6.07, 6.45) is 0. The number of carbonyl (C=O) groups is 3. The highest BCUT2D eigenvalue weighted by Gasteiger charge is 2.21. The smallest absolute Gasteiger partial charge is 0.355 e. The van der Waals surface area contributed by atoms with Crippen molar-refractivity contribution in [2.24, 2.45) is 0 Å². The van der Waals surface area contributed by atoms with Crippen LogP contribution in [0.5, 0.6) is 0 Å². The lowest BCUT2D eigenvalue weighted by atomic mass is 10.1. The van der Waals surface area contributed by atoms with Crippen LogP contribution in [-0.4, -0.2) is 29.1 Å². The number of nitrogens with one attached hydrogen (secondary N) is 1. The number of esters is 1. The summed E-state index contributed by atoms with van der Waals surface area (Å²) in [5.74, 6) is -1.94. The molecule has 0 atom stereocenters. The molecule has 120 valence electrons. The molecule has 1 aromatic carbocycles. The van der Waals surface area contributed by atoms with Gasteiger partial charge in [0.1, 0.15) is 11.5 Å². The van der Waals surface area contributed by atoms with Gasteiger partial charge in [0.25, 0.3) is 0 Å². The summed E-state index contributed by atoms with van der Waals surface area (Å²) in [4.78, 5) is 38.3. The topological polar surface area (TPSA) is 76.2 Å². The highest BCUT2D eigenvalue weighted by Crippen LogP contribution is 2.19. The second-order valence-corrected chi connectivity index (χ2v) is 5.19. The van der Waals surface area contributed by atoms with Gasteiger partial charge in [-0.2, -0.15) is 0 Å². The van der Waals surface area contributed by atoms with Gasteiger partial charge in [-0.05, 0) is 38.5 Å². The van der Waals surface area contributed by atoms with Gasteiger partial charge in [-0.3, -0.25) is 9.59 Å². The summed E-state index contributed by atoms with van der Waals surface area (Å²) in [5, 5.41) is 0. The first-order valence-corrected chi connectivity index (χ1v) is 6.97. The van der Waals surface area contributed by atoms with E-state index in [0.29, 0.717) is 16.8 Å². The molecule has 0 spiro atoms. The van der Waals surface area contributed by atoms with Crippen LogP contribution in [-0.2, 0) is 4.74 Å². The molecule has 6 heteroatoms. The van der Waals surface area contributed by atoms with Crippen molar-refractivity contribution in [2.45, 2.75) is 20.8 Å². The normalized spacial score (nSPS) is 10.4. The molecule has 1 N–H and O–H groups in total. The van der Waals surface area contributed by atoms with Crippen LogP contribution >= 0.6 is 0 Å². The van der Waals surface area contributed by atoms with E-state index in [1.807, 2.05) is 0 Å². The third-order valence-corrected chi connectivity index (χ3v) is 3.47. The number of ether oxygens (including phenoxy) is 1. The largest absolute Gasteiger partial charge is 0.453 e. The average molecular weight is 317 g/mol. The Morgan fingerprint density at radius 2 is 1.91 bits per heavy atom. The maximum atomic E-state index is 13.1. The van der Waals surface area contributed by atoms with E-state index in [2.05, 4.69) is 4.98 Å². The van der Waals surface area contributed by atoms with Gasteiger partial charge >= 0.3 is 5.97 Å². The zero-order chi connectivity index (χ0) is 17.1. The number of hydrogen-bond acceptors (Lipinski definition) is 4. The molecule has 0 saturated carbocycles. The summed E-state index contributed by atoms with van der Waals surface area (Å²) in [5.41, 5.74) is 1.76. The first-order chi connectivity index (χ1) is 10.8. The fourth-order valence-electron chi connectivity index (χ4n) is 2.43. The SMILES string of the molecule is CC(=O)c1c(C)[nH]c(C(=O)OCC(=O)c2cccc(F)c2)c1C. The van der Waals surface area contributed by atoms with Gasteiger partial charge in [0.15, 0.2) is 18.2 Å². The summed E-state index contributed by atoms with van der Waals surface area (Å²) in [6.45, 7) is 4.21. The van der Waals surface area contributed by atoms with Crippen molar-refractivity contribution in [3.8, 4) is 0 Å². The number of hydrogen-bond donors (Lipinski definition) is 1. The molecular formula is C17H16FNO4. The predicted octanol–water partition coefficient (Wildman–Crippen LogP) is 3.01. The second kappa shape index (κ2) is 6.56. The zero-order valence-corrected chi connectivity index (χ0v) is 13.0. The Morgan fingerprint density at radius 3 is 2.48 bits per heavy atom. The highest BCUT2D eigenvalue weighted by molar-refractivity contribution is 6.02. The summed E-state index contributed by atoms with van der Waals surface area (Å²) in [7, 11) is 0. The van der Waals surface area contributed by atoms with E-state index in [4.69, 9.17) is 4.74 Å². The first-order valence-electron chi connectivity index (χ1n) is 6.97. The molecule has 0 saturated heterocycles. The molecular weight excluding hydrogens is 301 g/mol. The highest BCUT2D eigenvalue weighted by atomic mass is 19.1. The minimum absolute atomic E-state index is 0.126. The Labute approximate surface area is 132 Å². The second-order valence-electron chi connectivity index (χ2n) is 5.19. The number of carbonyl (C=O) groups excluding carboxylic acids is 3. The molecule has 0 radical (unpaired) electrons. The number of ketones is 2. The zero-order valence-electron chi connectivity index (χ0n) is 13.0. The molecule has 0 aliphatic carbocycles. The van der Waals surface area contributed by atoms with Crippen LogP contribution in [0.4, 0.5) is 4.39 Å². The summed E-state index contributed by atoms with van der Waals surface area (Å²) < 4.78 is 18.0. The summed E-state index contributed by atoms with van der Waals surface area (Å²) in [6, 6.07) is 5.14. The number of aryl methyl sites for hydroxylation is 1. The van der Waals surface area contributed by atoms with Crippen molar-refractivity contribution in [3.05, 3.63) is 58.2 Å². The third-order valence-electron chi connectivity index (χ3n) is 3.47. The van der Waals surface area contributed by atoms with Crippen molar-refractivity contribution in [1.82, 2.24) is 4.98 Å². The minimum Gasteiger partial charge on any atom is -0.453 e. The van der Waals surface area contributed by atoms with Gasteiger partial charge in [-0.15, -0.1) is 0 Å². The Morgan fingerprint density at radius 1 is 1.22 bits per heavy atom. The minimum atomic E-state index is -0.733. The quantitative estimate of drug-likeness (QED) is 0.679. The summed E-state index contributed by atoms with van der Waals surface area (Å²) >= 11 is 0. The molecule has 2 rings (SSSR count). The Kier molecular flexibility index (Phi) is 4.74. The molecule has 5 nitrogen and oxygen atoms in total. The predicted molar refractivity (Wildman–Crippen MR) is 81.3 cm³/mol. The molecule has 0 aliphatic rings. The van der Waals surface area contributed by atoms with Crippen molar-refractivity contribution < 1.29 is 23.5 Å². The molecule has 0 fully saturated rings. The van der Waals surface area contributed by atoms with Crippen LogP contribution in [0.2, 0.25) is 0 Å². The van der Waals surface area contributed by atoms with Crippen molar-refractivity contribution in [3.63, 3.8) is 0 Å². The van der Waals surface area contributed by atoms with E-state index < -0.39 is 24.2 Å². The first kappa shape index (κ1) is 16.6. The van der Waals surface area contributed by atoms with E-state index in [0.717, 1.165) is 6.07 Å². The van der Waals surface area contributed by atoms with Gasteiger partial charge in [-0.25, -0.2) is 9.18 Å². The van der Waals surface area contributed by atoms with E-state index in [1.54, 1.807) is 13.8 Å². The van der Waals surface area contributed by atoms with Crippen LogP contribution < -0.4 is 0 Å². The van der Waals surface area contributed by atoms with E-state index in [-0.39, 0.29) is 17.0 Å². The number of aromatic nitrogens is 1. The van der Waals surface area contributed by atoms with Crippen LogP contribution in [0.15, 0.2) is 24.3 Å². The maximum absolute atomic E-state index is 13.1. The van der Waals surface area contributed by atoms with E-state index in [1.165, 1.54) is 25.1 Å². The molecule has 23 heavy (non-hydrogen) atoms. The standard InChI is InChI=1S/C17H16FNO4/c1-9-15(11(3)20)10(2)19-16(9)17(22)23-8-14(21)12-5-4-6-13(18)7-12/h4-7,19H,8H2,1-3H3. The number of aromatic amines is 1. The Hall–Kier alpha value is -2.76. The maximum Gasteiger partial charge on any atom is 0.355 e. The lowest BCUT2D eigenvalue weighted by Crippen LogP contribution is -2.15. The van der Waals surface area contributed by atoms with Crippen LogP contribution in [0, 0.1) is 19.7 Å². The van der Waals surface area contributed by atoms with Crippen molar-refractivity contribution in [1.29, 1.82) is 0 Å². The van der Waals surface area contributed by atoms with E-state index in [9.17, 15) is 18.8 Å². The lowest BCUT2D eigenvalue weighted by Gasteiger charge is -2.04. The molecule has 1 aromatic heterocycles. The van der Waals surface area contributed by atoms with E-state index >= 15 is 0 Å². The number of H-pyrrole nitrogens is 1.